The van der Waals surface area contributed by atoms with Gasteiger partial charge in [0.1, 0.15) is 24.4 Å². The van der Waals surface area contributed by atoms with Gasteiger partial charge in [0.05, 0.1) is 12.9 Å². The third-order valence-electron chi connectivity index (χ3n) is 4.09. The summed E-state index contributed by atoms with van der Waals surface area (Å²) >= 11 is 1.27. The molecule has 0 aliphatic carbocycles. The number of thioether (sulfide) groups is 1. The van der Waals surface area contributed by atoms with Gasteiger partial charge in [0.15, 0.2) is 22.5 Å². The third-order valence-corrected chi connectivity index (χ3v) is 4.82. The summed E-state index contributed by atoms with van der Waals surface area (Å²) in [5.41, 5.74) is -0.0771. The van der Waals surface area contributed by atoms with Crippen LogP contribution in [0.25, 0.3) is 11.2 Å². The average Bonchev–Trinajstić information content (AvgIpc) is 3.00. The van der Waals surface area contributed by atoms with Crippen molar-refractivity contribution >= 4 is 22.9 Å². The molecule has 0 saturated carbocycles. The second-order valence-electron chi connectivity index (χ2n) is 5.51. The number of nitrogens with zero attached hydrogens (tertiary/aromatic N) is 4. The van der Waals surface area contributed by atoms with Crippen LogP contribution in [0.4, 0.5) is 0 Å². The fourth-order valence-corrected chi connectivity index (χ4v) is 3.24. The van der Waals surface area contributed by atoms with E-state index < -0.39 is 37.3 Å². The van der Waals surface area contributed by atoms with Gasteiger partial charge < -0.3 is 25.2 Å². The predicted molar refractivity (Wildman–Crippen MR) is 83.6 cm³/mol. The molecule has 2 aromatic heterocycles. The Morgan fingerprint density at radius 2 is 2.00 bits per heavy atom. The lowest BCUT2D eigenvalue weighted by atomic mass is 9.98. The minimum atomic E-state index is -1.52. The van der Waals surface area contributed by atoms with Gasteiger partial charge in [-0.2, -0.15) is 0 Å². The number of hydrogen-bond acceptors (Lipinski definition) is 9. The van der Waals surface area contributed by atoms with Crippen molar-refractivity contribution in [3.8, 4) is 0 Å². The molecule has 5 atom stereocenters. The predicted octanol–water partition coefficient (Wildman–Crippen LogP) is -2.18. The summed E-state index contributed by atoms with van der Waals surface area (Å²) in [5, 5.41) is 39.7. The Kier molecular flexibility index (Phi) is 4.64. The lowest BCUT2D eigenvalue weighted by Crippen LogP contribution is -2.56. The third kappa shape index (κ3) is 2.53. The van der Waals surface area contributed by atoms with Crippen LogP contribution in [0.1, 0.15) is 6.23 Å². The summed E-state index contributed by atoms with van der Waals surface area (Å²) in [6.07, 6.45) is -3.64. The molecule has 1 aliphatic heterocycles. The minimum Gasteiger partial charge on any atom is -0.394 e. The lowest BCUT2D eigenvalue weighted by molar-refractivity contribution is -0.250. The SMILES string of the molecule is CSc1nc2c(ncn2[C@@H]2O[C@@H](CO)[C@@H](O)[C@@H](O)[C@H]2O)c(=O)n1C. The van der Waals surface area contributed by atoms with E-state index >= 15 is 0 Å². The van der Waals surface area contributed by atoms with E-state index in [1.54, 1.807) is 13.3 Å². The van der Waals surface area contributed by atoms with Crippen LogP contribution < -0.4 is 5.56 Å². The first-order valence-corrected chi connectivity index (χ1v) is 8.41. The zero-order valence-corrected chi connectivity index (χ0v) is 13.8. The van der Waals surface area contributed by atoms with E-state index in [2.05, 4.69) is 9.97 Å². The lowest BCUT2D eigenvalue weighted by Gasteiger charge is -2.40. The van der Waals surface area contributed by atoms with Crippen molar-refractivity contribution < 1.29 is 25.2 Å². The molecule has 0 bridgehead atoms. The molecule has 0 spiro atoms. The molecule has 0 radical (unpaired) electrons. The van der Waals surface area contributed by atoms with Crippen LogP contribution in [-0.4, -0.2) is 76.8 Å². The number of aliphatic hydroxyl groups excluding tert-OH is 4. The van der Waals surface area contributed by atoms with Crippen molar-refractivity contribution in [2.45, 2.75) is 35.8 Å². The Bertz CT molecular complexity index is 806. The zero-order valence-electron chi connectivity index (χ0n) is 13.0. The zero-order chi connectivity index (χ0) is 17.6. The first kappa shape index (κ1) is 17.3. The molecule has 10 nitrogen and oxygen atoms in total. The van der Waals surface area contributed by atoms with Crippen LogP contribution in [0.3, 0.4) is 0 Å². The van der Waals surface area contributed by atoms with Gasteiger partial charge in [-0.25, -0.2) is 9.97 Å². The maximum Gasteiger partial charge on any atom is 0.282 e. The molecular formula is C13H18N4O6S. The van der Waals surface area contributed by atoms with Gasteiger partial charge in [0.25, 0.3) is 5.56 Å². The molecule has 4 N–H and O–H groups in total. The molecular weight excluding hydrogens is 340 g/mol. The molecule has 0 aromatic carbocycles. The standard InChI is InChI=1S/C13H18N4O6S/c1-16-11(22)6-10(15-13(16)24-2)17(4-14-6)12-9(21)8(20)7(19)5(3-18)23-12/h4-5,7-9,12,18-21H,3H2,1-2H3/t5-,7+,8+,9+,12+/m0/s1. The van der Waals surface area contributed by atoms with Crippen molar-refractivity contribution in [3.05, 3.63) is 16.7 Å². The molecule has 0 unspecified atom stereocenters. The summed E-state index contributed by atoms with van der Waals surface area (Å²) in [5.74, 6) is 0. The normalized spacial score (nSPS) is 30.8. The van der Waals surface area contributed by atoms with Crippen LogP contribution in [0.5, 0.6) is 0 Å². The number of fused-ring (bicyclic) bond motifs is 1. The van der Waals surface area contributed by atoms with E-state index in [-0.39, 0.29) is 16.7 Å². The molecule has 2 aromatic rings. The highest BCUT2D eigenvalue weighted by Gasteiger charge is 2.44. The van der Waals surface area contributed by atoms with E-state index in [1.807, 2.05) is 0 Å². The Hall–Kier alpha value is -1.50. The van der Waals surface area contributed by atoms with Crippen molar-refractivity contribution in [1.82, 2.24) is 19.1 Å². The summed E-state index contributed by atoms with van der Waals surface area (Å²) < 4.78 is 8.16. The van der Waals surface area contributed by atoms with Gasteiger partial charge in [-0.15, -0.1) is 0 Å². The van der Waals surface area contributed by atoms with Crippen LogP contribution in [0.2, 0.25) is 0 Å². The van der Waals surface area contributed by atoms with Gasteiger partial charge in [-0.3, -0.25) is 13.9 Å². The van der Waals surface area contributed by atoms with Crippen molar-refractivity contribution in [2.24, 2.45) is 7.05 Å². The van der Waals surface area contributed by atoms with Gasteiger partial charge in [-0.1, -0.05) is 11.8 Å². The highest BCUT2D eigenvalue weighted by Crippen LogP contribution is 2.30. The Labute approximate surface area is 140 Å². The highest BCUT2D eigenvalue weighted by atomic mass is 32.2. The second-order valence-corrected chi connectivity index (χ2v) is 6.28. The van der Waals surface area contributed by atoms with Crippen LogP contribution in [-0.2, 0) is 11.8 Å². The Morgan fingerprint density at radius 1 is 1.29 bits per heavy atom. The van der Waals surface area contributed by atoms with Gasteiger partial charge in [0.2, 0.25) is 0 Å². The van der Waals surface area contributed by atoms with Crippen molar-refractivity contribution in [2.75, 3.05) is 12.9 Å². The number of imidazole rings is 1. The van der Waals surface area contributed by atoms with Gasteiger partial charge in [-0.05, 0) is 6.26 Å². The Balaban J connectivity index is 2.12. The molecule has 1 aliphatic rings. The maximum atomic E-state index is 12.3. The van der Waals surface area contributed by atoms with Gasteiger partial charge in [0, 0.05) is 7.05 Å². The van der Waals surface area contributed by atoms with E-state index in [1.165, 1.54) is 27.2 Å². The van der Waals surface area contributed by atoms with Crippen molar-refractivity contribution in [1.29, 1.82) is 0 Å². The molecule has 1 fully saturated rings. The fraction of sp³-hybridized carbons (Fsp3) is 0.615. The van der Waals surface area contributed by atoms with Crippen LogP contribution >= 0.6 is 11.8 Å². The number of ether oxygens (including phenoxy) is 1. The Morgan fingerprint density at radius 3 is 2.62 bits per heavy atom. The number of hydrogen-bond donors (Lipinski definition) is 4. The molecule has 3 rings (SSSR count). The summed E-state index contributed by atoms with van der Waals surface area (Å²) in [7, 11) is 1.58. The first-order chi connectivity index (χ1) is 11.4. The van der Waals surface area contributed by atoms with Crippen LogP contribution in [0.15, 0.2) is 16.3 Å². The molecule has 11 heteroatoms. The number of aromatic nitrogens is 4. The largest absolute Gasteiger partial charge is 0.394 e. The van der Waals surface area contributed by atoms with Crippen molar-refractivity contribution in [3.63, 3.8) is 0 Å². The summed E-state index contributed by atoms with van der Waals surface area (Å²) in [4.78, 5) is 20.7. The van der Waals surface area contributed by atoms with E-state index in [4.69, 9.17) is 4.74 Å². The van der Waals surface area contributed by atoms with E-state index in [0.29, 0.717) is 5.16 Å². The fourth-order valence-electron chi connectivity index (χ4n) is 2.71. The molecule has 24 heavy (non-hydrogen) atoms. The topological polar surface area (TPSA) is 143 Å². The molecule has 132 valence electrons. The monoisotopic (exact) mass is 358 g/mol. The summed E-state index contributed by atoms with van der Waals surface area (Å²) in [6, 6.07) is 0. The maximum absolute atomic E-state index is 12.3. The smallest absolute Gasteiger partial charge is 0.282 e. The first-order valence-electron chi connectivity index (χ1n) is 7.18. The van der Waals surface area contributed by atoms with Gasteiger partial charge >= 0.3 is 0 Å². The van der Waals surface area contributed by atoms with Crippen LogP contribution in [0, 0.1) is 0 Å². The number of aliphatic hydroxyl groups is 4. The number of rotatable bonds is 3. The van der Waals surface area contributed by atoms with E-state index in [0.717, 1.165) is 0 Å². The molecule has 0 amide bonds. The average molecular weight is 358 g/mol. The summed E-state index contributed by atoms with van der Waals surface area (Å²) in [6.45, 7) is -0.542. The quantitative estimate of drug-likeness (QED) is 0.356. The van der Waals surface area contributed by atoms with E-state index in [9.17, 15) is 25.2 Å². The second kappa shape index (κ2) is 6.43. The molecule has 1 saturated heterocycles. The minimum absolute atomic E-state index is 0.0901. The molecule has 3 heterocycles. The highest BCUT2D eigenvalue weighted by molar-refractivity contribution is 7.98.